The van der Waals surface area contributed by atoms with Gasteiger partial charge in [-0.2, -0.15) is 4.99 Å². The number of rotatable bonds is 3. The minimum absolute atomic E-state index is 0.325. The van der Waals surface area contributed by atoms with Gasteiger partial charge in [-0.25, -0.2) is 0 Å². The van der Waals surface area contributed by atoms with Crippen LogP contribution in [0.1, 0.15) is 10.4 Å². The number of amides is 1. The van der Waals surface area contributed by atoms with Crippen LogP contribution >= 0.6 is 50.5 Å². The van der Waals surface area contributed by atoms with Crippen LogP contribution in [0.3, 0.4) is 0 Å². The van der Waals surface area contributed by atoms with Gasteiger partial charge in [0.25, 0.3) is 5.91 Å². The topological polar surface area (TPSA) is 34.4 Å². The number of allylic oxidation sites excluding steroid dienone is 1. The number of nitrogens with zero attached hydrogens (tertiary/aromatic N) is 2. The van der Waals surface area contributed by atoms with Crippen LogP contribution in [0.4, 0.5) is 0 Å². The Bertz CT molecular complexity index is 1020. The van der Waals surface area contributed by atoms with Crippen molar-refractivity contribution in [2.75, 3.05) is 0 Å². The fraction of sp³-hybridized carbons (Fsp3) is 0.0588. The van der Waals surface area contributed by atoms with E-state index in [1.54, 1.807) is 24.3 Å². The summed E-state index contributed by atoms with van der Waals surface area (Å²) in [5.74, 6) is -0.325. The third-order valence-corrected chi connectivity index (χ3v) is 5.88. The first kappa shape index (κ1) is 17.4. The zero-order valence-corrected chi connectivity index (χ0v) is 16.2. The molecule has 1 amide bonds. The monoisotopic (exact) mass is 440 g/mol. The lowest BCUT2D eigenvalue weighted by atomic mass is 10.2. The highest BCUT2D eigenvalue weighted by Crippen LogP contribution is 2.32. The molecule has 0 bridgehead atoms. The second kappa shape index (κ2) is 7.23. The second-order valence-electron chi connectivity index (χ2n) is 4.89. The summed E-state index contributed by atoms with van der Waals surface area (Å²) < 4.78 is 3.46. The molecule has 7 heteroatoms. The number of benzene rings is 2. The van der Waals surface area contributed by atoms with Crippen LogP contribution in [0.15, 0.2) is 58.5 Å². The van der Waals surface area contributed by atoms with Crippen molar-refractivity contribution in [2.45, 2.75) is 6.54 Å². The first-order valence-electron chi connectivity index (χ1n) is 6.94. The fourth-order valence-corrected chi connectivity index (χ4v) is 4.24. The summed E-state index contributed by atoms with van der Waals surface area (Å²) in [5.41, 5.74) is 1.26. The molecule has 3 rings (SSSR count). The molecule has 1 aromatic heterocycles. The molecule has 0 saturated carbocycles. The molecule has 0 saturated heterocycles. The third kappa shape index (κ3) is 3.22. The normalized spacial score (nSPS) is 11.9. The molecule has 0 fully saturated rings. The number of hydrogen-bond acceptors (Lipinski definition) is 2. The predicted octanol–water partition coefficient (Wildman–Crippen LogP) is 5.70. The molecule has 0 aliphatic heterocycles. The Morgan fingerprint density at radius 3 is 2.75 bits per heavy atom. The molecule has 3 nitrogen and oxygen atoms in total. The van der Waals surface area contributed by atoms with E-state index in [2.05, 4.69) is 27.5 Å². The minimum Gasteiger partial charge on any atom is -0.311 e. The fourth-order valence-electron chi connectivity index (χ4n) is 2.27. The molecule has 0 aliphatic carbocycles. The Hall–Kier alpha value is -1.40. The number of carbonyl (C=O) groups is 1. The Kier molecular flexibility index (Phi) is 5.25. The molecular formula is C17H11BrCl2N2OS. The van der Waals surface area contributed by atoms with E-state index in [4.69, 9.17) is 23.2 Å². The van der Waals surface area contributed by atoms with E-state index in [0.717, 1.165) is 10.2 Å². The van der Waals surface area contributed by atoms with Gasteiger partial charge in [0.15, 0.2) is 4.80 Å². The SMILES string of the molecule is C=CCn1c(=NC(=O)c2ccccc2Br)sc2ccc(Cl)c(Cl)c21. The van der Waals surface area contributed by atoms with Crippen molar-refractivity contribution in [1.82, 2.24) is 4.57 Å². The van der Waals surface area contributed by atoms with Gasteiger partial charge in [0.2, 0.25) is 0 Å². The van der Waals surface area contributed by atoms with E-state index < -0.39 is 0 Å². The van der Waals surface area contributed by atoms with Crippen molar-refractivity contribution in [2.24, 2.45) is 4.99 Å². The molecule has 0 N–H and O–H groups in total. The Labute approximate surface area is 161 Å². The smallest absolute Gasteiger partial charge is 0.280 e. The molecular weight excluding hydrogens is 431 g/mol. The van der Waals surface area contributed by atoms with Crippen molar-refractivity contribution >= 4 is 66.6 Å². The van der Waals surface area contributed by atoms with Crippen LogP contribution in [-0.2, 0) is 6.54 Å². The molecule has 0 spiro atoms. The standard InChI is InChI=1S/C17H11BrCl2N2OS/c1-2-9-22-15-13(8-7-12(19)14(15)20)24-17(22)21-16(23)10-5-3-4-6-11(10)18/h2-8H,1,9H2. The van der Waals surface area contributed by atoms with E-state index in [9.17, 15) is 4.79 Å². The number of aromatic nitrogens is 1. The van der Waals surface area contributed by atoms with Crippen LogP contribution in [0, 0.1) is 0 Å². The average Bonchev–Trinajstić information content (AvgIpc) is 2.90. The molecule has 0 atom stereocenters. The Balaban J connectivity index is 2.24. The zero-order chi connectivity index (χ0) is 17.3. The Morgan fingerprint density at radius 2 is 2.04 bits per heavy atom. The summed E-state index contributed by atoms with van der Waals surface area (Å²) in [6, 6.07) is 10.8. The van der Waals surface area contributed by atoms with Gasteiger partial charge in [0.05, 0.1) is 25.8 Å². The van der Waals surface area contributed by atoms with Crippen LogP contribution in [-0.4, -0.2) is 10.5 Å². The highest BCUT2D eigenvalue weighted by molar-refractivity contribution is 9.10. The zero-order valence-electron chi connectivity index (χ0n) is 12.3. The third-order valence-electron chi connectivity index (χ3n) is 3.35. The maximum atomic E-state index is 12.5. The summed E-state index contributed by atoms with van der Waals surface area (Å²) >= 11 is 17.2. The average molecular weight is 442 g/mol. The van der Waals surface area contributed by atoms with Crippen molar-refractivity contribution in [3.63, 3.8) is 0 Å². The summed E-state index contributed by atoms with van der Waals surface area (Å²) in [5, 5.41) is 0.908. The molecule has 2 aromatic carbocycles. The van der Waals surface area contributed by atoms with Gasteiger partial charge < -0.3 is 4.57 Å². The lowest BCUT2D eigenvalue weighted by Gasteiger charge is -2.04. The summed E-state index contributed by atoms with van der Waals surface area (Å²) in [6.07, 6.45) is 1.73. The molecule has 0 unspecified atom stereocenters. The molecule has 0 radical (unpaired) electrons. The van der Waals surface area contributed by atoms with Gasteiger partial charge in [0.1, 0.15) is 0 Å². The lowest BCUT2D eigenvalue weighted by Crippen LogP contribution is -2.16. The molecule has 122 valence electrons. The van der Waals surface area contributed by atoms with Crippen LogP contribution in [0.5, 0.6) is 0 Å². The van der Waals surface area contributed by atoms with E-state index in [0.29, 0.717) is 31.4 Å². The number of hydrogen-bond donors (Lipinski definition) is 0. The van der Waals surface area contributed by atoms with Gasteiger partial charge in [0, 0.05) is 11.0 Å². The molecule has 3 aromatic rings. The maximum Gasteiger partial charge on any atom is 0.280 e. The van der Waals surface area contributed by atoms with Gasteiger partial charge in [-0.05, 0) is 40.2 Å². The summed E-state index contributed by atoms with van der Waals surface area (Å²) in [4.78, 5) is 17.4. The minimum atomic E-state index is -0.325. The maximum absolute atomic E-state index is 12.5. The van der Waals surface area contributed by atoms with Gasteiger partial charge in [-0.1, -0.05) is 52.7 Å². The van der Waals surface area contributed by atoms with Crippen molar-refractivity contribution in [3.05, 3.63) is 73.9 Å². The van der Waals surface area contributed by atoms with Gasteiger partial charge >= 0.3 is 0 Å². The van der Waals surface area contributed by atoms with Crippen molar-refractivity contribution < 1.29 is 4.79 Å². The first-order valence-corrected chi connectivity index (χ1v) is 9.31. The number of thiazole rings is 1. The quantitative estimate of drug-likeness (QED) is 0.480. The molecule has 24 heavy (non-hydrogen) atoms. The highest BCUT2D eigenvalue weighted by atomic mass is 79.9. The van der Waals surface area contributed by atoms with Crippen LogP contribution < -0.4 is 4.80 Å². The van der Waals surface area contributed by atoms with Crippen molar-refractivity contribution in [3.8, 4) is 0 Å². The van der Waals surface area contributed by atoms with Crippen LogP contribution in [0.25, 0.3) is 10.2 Å². The van der Waals surface area contributed by atoms with Crippen LogP contribution in [0.2, 0.25) is 10.0 Å². The summed E-state index contributed by atoms with van der Waals surface area (Å²) in [6.45, 7) is 4.23. The van der Waals surface area contributed by atoms with E-state index in [1.807, 2.05) is 22.8 Å². The second-order valence-corrected chi connectivity index (χ2v) is 7.54. The van der Waals surface area contributed by atoms with Gasteiger partial charge in [-0.3, -0.25) is 4.79 Å². The molecule has 0 aliphatic rings. The highest BCUT2D eigenvalue weighted by Gasteiger charge is 2.14. The van der Waals surface area contributed by atoms with Crippen molar-refractivity contribution in [1.29, 1.82) is 0 Å². The summed E-state index contributed by atoms with van der Waals surface area (Å²) in [7, 11) is 0. The number of halogens is 3. The largest absolute Gasteiger partial charge is 0.311 e. The number of carbonyl (C=O) groups excluding carboxylic acids is 1. The van der Waals surface area contributed by atoms with E-state index in [-0.39, 0.29) is 5.91 Å². The van der Waals surface area contributed by atoms with E-state index in [1.165, 1.54) is 11.3 Å². The van der Waals surface area contributed by atoms with E-state index >= 15 is 0 Å². The predicted molar refractivity (Wildman–Crippen MR) is 104 cm³/mol. The number of fused-ring (bicyclic) bond motifs is 1. The Morgan fingerprint density at radius 1 is 1.29 bits per heavy atom. The first-order chi connectivity index (χ1) is 11.5. The van der Waals surface area contributed by atoms with Gasteiger partial charge in [-0.15, -0.1) is 6.58 Å². The molecule has 1 heterocycles. The lowest BCUT2D eigenvalue weighted by molar-refractivity contribution is 0.0997.